The van der Waals surface area contributed by atoms with E-state index in [1.165, 1.54) is 0 Å². The van der Waals surface area contributed by atoms with Crippen LogP contribution in [0.25, 0.3) is 0 Å². The number of hydrogen-bond acceptors (Lipinski definition) is 2. The average molecular weight is 228 g/mol. The Morgan fingerprint density at radius 3 is 1.81 bits per heavy atom. The minimum Gasteiger partial charge on any atom is -0.481 e. The summed E-state index contributed by atoms with van der Waals surface area (Å²) in [7, 11) is 0. The van der Waals surface area contributed by atoms with Crippen LogP contribution < -0.4 is 0 Å². The van der Waals surface area contributed by atoms with Gasteiger partial charge in [-0.25, -0.2) is 0 Å². The summed E-state index contributed by atoms with van der Waals surface area (Å²) in [6.45, 7) is 9.26. The lowest BCUT2D eigenvalue weighted by atomic mass is 9.78. The summed E-state index contributed by atoms with van der Waals surface area (Å²) >= 11 is 0. The average Bonchev–Trinajstić information content (AvgIpc) is 2.44. The number of carboxylic acid groups (broad SMARTS) is 2. The van der Waals surface area contributed by atoms with Crippen LogP contribution in [0.5, 0.6) is 0 Å². The predicted octanol–water partition coefficient (Wildman–Crippen LogP) is 2.23. The third-order valence-electron chi connectivity index (χ3n) is 3.72. The van der Waals surface area contributed by atoms with Crippen LogP contribution in [0.4, 0.5) is 0 Å². The van der Waals surface area contributed by atoms with Crippen LogP contribution in [0.1, 0.15) is 41.0 Å². The Morgan fingerprint density at radius 2 is 1.62 bits per heavy atom. The molecule has 0 spiro atoms. The number of carbonyl (C=O) groups is 2. The summed E-state index contributed by atoms with van der Waals surface area (Å²) in [5, 5.41) is 18.5. The highest BCUT2D eigenvalue weighted by Gasteiger charge is 2.79. The van der Waals surface area contributed by atoms with E-state index in [1.54, 1.807) is 13.8 Å². The van der Waals surface area contributed by atoms with E-state index in [2.05, 4.69) is 0 Å². The van der Waals surface area contributed by atoms with Gasteiger partial charge in [0.05, 0.1) is 11.3 Å². The normalized spacial score (nSPS) is 32.2. The fourth-order valence-corrected chi connectivity index (χ4v) is 3.01. The van der Waals surface area contributed by atoms with Gasteiger partial charge in [0.15, 0.2) is 0 Å². The molecule has 1 aliphatic rings. The van der Waals surface area contributed by atoms with E-state index in [1.807, 2.05) is 20.8 Å². The molecule has 0 heterocycles. The molecule has 0 aliphatic heterocycles. The Morgan fingerprint density at radius 1 is 1.19 bits per heavy atom. The molecule has 4 heteroatoms. The Bertz CT molecular complexity index is 337. The zero-order chi connectivity index (χ0) is 12.9. The topological polar surface area (TPSA) is 74.6 Å². The van der Waals surface area contributed by atoms with Crippen LogP contribution in [0.3, 0.4) is 0 Å². The molecule has 92 valence electrons. The van der Waals surface area contributed by atoms with E-state index in [4.69, 9.17) is 5.11 Å². The van der Waals surface area contributed by atoms with Crippen molar-refractivity contribution in [3.63, 3.8) is 0 Å². The molecule has 4 nitrogen and oxygen atoms in total. The monoisotopic (exact) mass is 228 g/mol. The molecule has 0 radical (unpaired) electrons. The molecule has 0 saturated heterocycles. The maximum Gasteiger partial charge on any atom is 0.311 e. The molecule has 1 fully saturated rings. The van der Waals surface area contributed by atoms with Gasteiger partial charge in [0, 0.05) is 0 Å². The molecule has 2 N–H and O–H groups in total. The molecule has 2 unspecified atom stereocenters. The minimum absolute atomic E-state index is 0.195. The lowest BCUT2D eigenvalue weighted by Gasteiger charge is -2.25. The van der Waals surface area contributed by atoms with Crippen molar-refractivity contribution in [2.75, 3.05) is 0 Å². The third kappa shape index (κ3) is 1.60. The molecule has 0 aromatic heterocycles. The molecule has 1 saturated carbocycles. The first-order valence-electron chi connectivity index (χ1n) is 5.43. The largest absolute Gasteiger partial charge is 0.481 e. The second kappa shape index (κ2) is 3.22. The zero-order valence-corrected chi connectivity index (χ0v) is 10.5. The van der Waals surface area contributed by atoms with Gasteiger partial charge in [-0.05, 0) is 17.3 Å². The highest BCUT2D eigenvalue weighted by molar-refractivity contribution is 5.91. The Balaban J connectivity index is 3.12. The molecule has 1 aliphatic carbocycles. The molecular formula is C12H20O4. The van der Waals surface area contributed by atoms with Crippen LogP contribution in [-0.2, 0) is 9.59 Å². The molecule has 0 aromatic rings. The van der Waals surface area contributed by atoms with Crippen LogP contribution in [0.15, 0.2) is 0 Å². The highest BCUT2D eigenvalue weighted by Crippen LogP contribution is 2.72. The van der Waals surface area contributed by atoms with Crippen LogP contribution in [0.2, 0.25) is 0 Å². The fourth-order valence-electron chi connectivity index (χ4n) is 3.01. The van der Waals surface area contributed by atoms with Crippen molar-refractivity contribution < 1.29 is 19.8 Å². The van der Waals surface area contributed by atoms with E-state index in [9.17, 15) is 14.7 Å². The lowest BCUT2D eigenvalue weighted by Crippen LogP contribution is -2.28. The van der Waals surface area contributed by atoms with Gasteiger partial charge in [-0.15, -0.1) is 0 Å². The Kier molecular flexibility index (Phi) is 2.61. The first kappa shape index (κ1) is 13.0. The number of hydrogen-bond donors (Lipinski definition) is 2. The summed E-state index contributed by atoms with van der Waals surface area (Å²) in [6, 6.07) is 0. The SMILES string of the molecule is CC(C)(C)CC1(C(=O)O)C(C(=O)O)C1(C)C. The van der Waals surface area contributed by atoms with Crippen molar-refractivity contribution >= 4 is 11.9 Å². The maximum atomic E-state index is 11.4. The van der Waals surface area contributed by atoms with Crippen molar-refractivity contribution in [3.05, 3.63) is 0 Å². The fraction of sp³-hybridized carbons (Fsp3) is 0.833. The van der Waals surface area contributed by atoms with Gasteiger partial charge < -0.3 is 10.2 Å². The summed E-state index contributed by atoms with van der Waals surface area (Å²) < 4.78 is 0. The maximum absolute atomic E-state index is 11.4. The third-order valence-corrected chi connectivity index (χ3v) is 3.72. The summed E-state index contributed by atoms with van der Waals surface area (Å²) in [4.78, 5) is 22.5. The molecule has 16 heavy (non-hydrogen) atoms. The van der Waals surface area contributed by atoms with Gasteiger partial charge in [0.2, 0.25) is 0 Å². The van der Waals surface area contributed by atoms with Gasteiger partial charge in [0.25, 0.3) is 0 Å². The number of rotatable bonds is 3. The van der Waals surface area contributed by atoms with E-state index in [0.29, 0.717) is 6.42 Å². The first-order chi connectivity index (χ1) is 6.97. The Hall–Kier alpha value is -1.06. The van der Waals surface area contributed by atoms with Gasteiger partial charge in [0.1, 0.15) is 0 Å². The van der Waals surface area contributed by atoms with Crippen LogP contribution in [-0.4, -0.2) is 22.2 Å². The van der Waals surface area contributed by atoms with Gasteiger partial charge in [-0.1, -0.05) is 34.6 Å². The van der Waals surface area contributed by atoms with Crippen molar-refractivity contribution in [2.45, 2.75) is 41.0 Å². The molecule has 0 amide bonds. The van der Waals surface area contributed by atoms with Gasteiger partial charge in [-0.2, -0.15) is 0 Å². The standard InChI is InChI=1S/C12H20O4/c1-10(2,3)6-12(9(15)16)7(8(13)14)11(12,4)5/h7H,6H2,1-5H3,(H,13,14)(H,15,16). The van der Waals surface area contributed by atoms with E-state index < -0.39 is 28.7 Å². The van der Waals surface area contributed by atoms with Crippen molar-refractivity contribution in [1.29, 1.82) is 0 Å². The summed E-state index contributed by atoms with van der Waals surface area (Å²) in [5.74, 6) is -2.77. The second-order valence-corrected chi connectivity index (χ2v) is 6.51. The zero-order valence-electron chi connectivity index (χ0n) is 10.5. The van der Waals surface area contributed by atoms with Gasteiger partial charge in [-0.3, -0.25) is 9.59 Å². The lowest BCUT2D eigenvalue weighted by molar-refractivity contribution is -0.150. The van der Waals surface area contributed by atoms with E-state index in [0.717, 1.165) is 0 Å². The minimum atomic E-state index is -1.11. The van der Waals surface area contributed by atoms with E-state index in [-0.39, 0.29) is 5.41 Å². The number of carboxylic acids is 2. The van der Waals surface area contributed by atoms with Crippen molar-refractivity contribution in [3.8, 4) is 0 Å². The second-order valence-electron chi connectivity index (χ2n) is 6.51. The molecule has 0 aromatic carbocycles. The smallest absolute Gasteiger partial charge is 0.311 e. The molecule has 2 atom stereocenters. The summed E-state index contributed by atoms with van der Waals surface area (Å²) in [6.07, 6.45) is 0.388. The predicted molar refractivity (Wildman–Crippen MR) is 59.0 cm³/mol. The van der Waals surface area contributed by atoms with Crippen LogP contribution in [0, 0.1) is 22.2 Å². The van der Waals surface area contributed by atoms with Gasteiger partial charge >= 0.3 is 11.9 Å². The Labute approximate surface area is 95.7 Å². The molecule has 1 rings (SSSR count). The van der Waals surface area contributed by atoms with Crippen LogP contribution >= 0.6 is 0 Å². The first-order valence-corrected chi connectivity index (χ1v) is 5.43. The van der Waals surface area contributed by atoms with Crippen molar-refractivity contribution in [2.24, 2.45) is 22.2 Å². The molecular weight excluding hydrogens is 208 g/mol. The highest BCUT2D eigenvalue weighted by atomic mass is 16.4. The van der Waals surface area contributed by atoms with E-state index >= 15 is 0 Å². The summed E-state index contributed by atoms with van der Waals surface area (Å²) in [5.41, 5.74) is -1.98. The quantitative estimate of drug-likeness (QED) is 0.776. The van der Waals surface area contributed by atoms with Crippen molar-refractivity contribution in [1.82, 2.24) is 0 Å². The molecule has 0 bridgehead atoms. The number of aliphatic carboxylic acids is 2.